The summed E-state index contributed by atoms with van der Waals surface area (Å²) < 4.78 is 0. The second-order valence-corrected chi connectivity index (χ2v) is 4.61. The summed E-state index contributed by atoms with van der Waals surface area (Å²) in [5.41, 5.74) is 3.00. The van der Waals surface area contributed by atoms with Crippen LogP contribution in [-0.2, 0) is 0 Å². The second kappa shape index (κ2) is 4.25. The molecule has 1 aliphatic heterocycles. The molecule has 0 aliphatic carbocycles. The number of hydrogen-bond donors (Lipinski definition) is 1. The van der Waals surface area contributed by atoms with Crippen molar-refractivity contribution in [1.82, 2.24) is 5.32 Å². The van der Waals surface area contributed by atoms with Gasteiger partial charge in [-0.3, -0.25) is 0 Å². The van der Waals surface area contributed by atoms with Gasteiger partial charge in [0.15, 0.2) is 0 Å². The molecule has 1 aliphatic rings. The van der Waals surface area contributed by atoms with E-state index < -0.39 is 0 Å². The highest BCUT2D eigenvalue weighted by atomic mass is 32.1. The van der Waals surface area contributed by atoms with Gasteiger partial charge >= 0.3 is 0 Å². The standard InChI is InChI=1S/C11H17NS/c1-9-7-13-8-10(9)11-5-3-2-4-6-12-11/h7-8,11-12H,2-6H2,1H3. The fourth-order valence-corrected chi connectivity index (χ4v) is 2.93. The van der Waals surface area contributed by atoms with Crippen LogP contribution in [-0.4, -0.2) is 6.54 Å². The lowest BCUT2D eigenvalue weighted by Crippen LogP contribution is -2.20. The maximum Gasteiger partial charge on any atom is 0.0331 e. The van der Waals surface area contributed by atoms with Gasteiger partial charge in [-0.2, -0.15) is 11.3 Å². The molecule has 0 amide bonds. The minimum absolute atomic E-state index is 0.633. The second-order valence-electron chi connectivity index (χ2n) is 3.87. The van der Waals surface area contributed by atoms with E-state index in [0.29, 0.717) is 6.04 Å². The van der Waals surface area contributed by atoms with Gasteiger partial charge in [0, 0.05) is 6.04 Å². The smallest absolute Gasteiger partial charge is 0.0331 e. The highest BCUT2D eigenvalue weighted by molar-refractivity contribution is 7.08. The van der Waals surface area contributed by atoms with Crippen LogP contribution in [0.1, 0.15) is 42.9 Å². The Balaban J connectivity index is 2.10. The average Bonchev–Trinajstić information content (AvgIpc) is 2.43. The molecule has 0 saturated carbocycles. The van der Waals surface area contributed by atoms with Crippen LogP contribution in [0.4, 0.5) is 0 Å². The predicted octanol–water partition coefficient (Wildman–Crippen LogP) is 3.26. The Morgan fingerprint density at radius 1 is 1.31 bits per heavy atom. The van der Waals surface area contributed by atoms with Gasteiger partial charge in [-0.05, 0) is 48.2 Å². The summed E-state index contributed by atoms with van der Waals surface area (Å²) in [4.78, 5) is 0. The number of nitrogens with one attached hydrogen (secondary N) is 1. The number of thiophene rings is 1. The summed E-state index contributed by atoms with van der Waals surface area (Å²) in [5, 5.41) is 8.19. The SMILES string of the molecule is Cc1cscc1C1CCCCCN1. The van der Waals surface area contributed by atoms with E-state index in [1.165, 1.54) is 43.4 Å². The van der Waals surface area contributed by atoms with Crippen molar-refractivity contribution in [2.45, 2.75) is 38.6 Å². The number of hydrogen-bond acceptors (Lipinski definition) is 2. The number of aryl methyl sites for hydroxylation is 1. The topological polar surface area (TPSA) is 12.0 Å². The molecule has 72 valence electrons. The van der Waals surface area contributed by atoms with Crippen molar-refractivity contribution in [1.29, 1.82) is 0 Å². The lowest BCUT2D eigenvalue weighted by molar-refractivity contribution is 0.534. The largest absolute Gasteiger partial charge is 0.310 e. The normalized spacial score (nSPS) is 24.2. The zero-order valence-electron chi connectivity index (χ0n) is 8.18. The summed E-state index contributed by atoms with van der Waals surface area (Å²) >= 11 is 1.83. The zero-order valence-corrected chi connectivity index (χ0v) is 8.99. The maximum atomic E-state index is 3.63. The van der Waals surface area contributed by atoms with E-state index in [1.54, 1.807) is 0 Å². The van der Waals surface area contributed by atoms with Gasteiger partial charge in [0.2, 0.25) is 0 Å². The molecular weight excluding hydrogens is 178 g/mol. The van der Waals surface area contributed by atoms with Crippen LogP contribution in [0.2, 0.25) is 0 Å². The fraction of sp³-hybridized carbons (Fsp3) is 0.636. The summed E-state index contributed by atoms with van der Waals surface area (Å²) in [6, 6.07) is 0.633. The van der Waals surface area contributed by atoms with Gasteiger partial charge in [-0.25, -0.2) is 0 Å². The van der Waals surface area contributed by atoms with Crippen molar-refractivity contribution < 1.29 is 0 Å². The van der Waals surface area contributed by atoms with Crippen LogP contribution < -0.4 is 5.32 Å². The first-order chi connectivity index (χ1) is 6.38. The first kappa shape index (κ1) is 9.22. The molecule has 0 radical (unpaired) electrons. The molecule has 0 spiro atoms. The van der Waals surface area contributed by atoms with Gasteiger partial charge in [0.1, 0.15) is 0 Å². The van der Waals surface area contributed by atoms with Gasteiger partial charge in [-0.1, -0.05) is 12.8 Å². The van der Waals surface area contributed by atoms with E-state index >= 15 is 0 Å². The van der Waals surface area contributed by atoms with Crippen molar-refractivity contribution >= 4 is 11.3 Å². The monoisotopic (exact) mass is 195 g/mol. The van der Waals surface area contributed by atoms with Crippen molar-refractivity contribution in [2.75, 3.05) is 6.54 Å². The van der Waals surface area contributed by atoms with E-state index in [0.717, 1.165) is 0 Å². The van der Waals surface area contributed by atoms with Gasteiger partial charge in [0.05, 0.1) is 0 Å². The molecule has 0 aromatic carbocycles. The number of rotatable bonds is 1. The van der Waals surface area contributed by atoms with Crippen molar-refractivity contribution in [2.24, 2.45) is 0 Å². The van der Waals surface area contributed by atoms with Crippen LogP contribution in [0.5, 0.6) is 0 Å². The molecule has 13 heavy (non-hydrogen) atoms. The maximum absolute atomic E-state index is 3.63. The Kier molecular flexibility index (Phi) is 3.01. The molecule has 1 saturated heterocycles. The van der Waals surface area contributed by atoms with E-state index in [4.69, 9.17) is 0 Å². The molecule has 2 heteroatoms. The van der Waals surface area contributed by atoms with E-state index in [1.807, 2.05) is 11.3 Å². The zero-order chi connectivity index (χ0) is 9.10. The Hall–Kier alpha value is -0.340. The molecule has 1 nitrogen and oxygen atoms in total. The van der Waals surface area contributed by atoms with E-state index in [-0.39, 0.29) is 0 Å². The molecule has 1 unspecified atom stereocenters. The third-order valence-corrected chi connectivity index (χ3v) is 3.71. The van der Waals surface area contributed by atoms with Crippen molar-refractivity contribution in [3.8, 4) is 0 Å². The van der Waals surface area contributed by atoms with Crippen molar-refractivity contribution in [3.63, 3.8) is 0 Å². The third-order valence-electron chi connectivity index (χ3n) is 2.83. The van der Waals surface area contributed by atoms with Crippen LogP contribution in [0.25, 0.3) is 0 Å². The first-order valence-electron chi connectivity index (χ1n) is 5.14. The molecule has 1 aromatic heterocycles. The predicted molar refractivity (Wildman–Crippen MR) is 58.3 cm³/mol. The minimum Gasteiger partial charge on any atom is -0.310 e. The van der Waals surface area contributed by atoms with Crippen LogP contribution >= 0.6 is 11.3 Å². The van der Waals surface area contributed by atoms with E-state index in [9.17, 15) is 0 Å². The molecule has 1 aromatic rings. The molecule has 1 N–H and O–H groups in total. The lowest BCUT2D eigenvalue weighted by Gasteiger charge is -2.15. The summed E-state index contributed by atoms with van der Waals surface area (Å²) in [5.74, 6) is 0. The molecule has 1 atom stereocenters. The van der Waals surface area contributed by atoms with Gasteiger partial charge < -0.3 is 5.32 Å². The minimum atomic E-state index is 0.633. The molecule has 0 bridgehead atoms. The average molecular weight is 195 g/mol. The highest BCUT2D eigenvalue weighted by Gasteiger charge is 2.15. The quantitative estimate of drug-likeness (QED) is 0.725. The first-order valence-corrected chi connectivity index (χ1v) is 6.08. The third kappa shape index (κ3) is 2.12. The molecule has 2 heterocycles. The summed E-state index contributed by atoms with van der Waals surface area (Å²) in [6.07, 6.45) is 5.44. The molecule has 1 fully saturated rings. The van der Waals surface area contributed by atoms with Gasteiger partial charge in [0.25, 0.3) is 0 Å². The van der Waals surface area contributed by atoms with Crippen LogP contribution in [0.3, 0.4) is 0 Å². The Labute approximate surface area is 84.2 Å². The Bertz CT molecular complexity index is 259. The summed E-state index contributed by atoms with van der Waals surface area (Å²) in [6.45, 7) is 3.42. The fourth-order valence-electron chi connectivity index (χ4n) is 2.02. The Morgan fingerprint density at radius 2 is 2.23 bits per heavy atom. The molecule has 2 rings (SSSR count). The van der Waals surface area contributed by atoms with Crippen LogP contribution in [0.15, 0.2) is 10.8 Å². The van der Waals surface area contributed by atoms with E-state index in [2.05, 4.69) is 23.0 Å². The highest BCUT2D eigenvalue weighted by Crippen LogP contribution is 2.27. The summed E-state index contributed by atoms with van der Waals surface area (Å²) in [7, 11) is 0. The van der Waals surface area contributed by atoms with Gasteiger partial charge in [-0.15, -0.1) is 0 Å². The van der Waals surface area contributed by atoms with Crippen LogP contribution in [0, 0.1) is 6.92 Å². The van der Waals surface area contributed by atoms with Crippen molar-refractivity contribution in [3.05, 3.63) is 21.9 Å². The molecular formula is C11H17NS. The Morgan fingerprint density at radius 3 is 3.00 bits per heavy atom. The lowest BCUT2D eigenvalue weighted by atomic mass is 10.0.